The Kier molecular flexibility index (Phi) is 6.80. The van der Waals surface area contributed by atoms with E-state index in [1.807, 2.05) is 0 Å². The molecule has 0 fully saturated rings. The molecular formula is C17H21F2N5O3. The molecular weight excluding hydrogens is 360 g/mol. The number of hydrogen-bond donors (Lipinski definition) is 1. The van der Waals surface area contributed by atoms with Crippen molar-refractivity contribution in [2.45, 2.75) is 32.5 Å². The van der Waals surface area contributed by atoms with E-state index in [-0.39, 0.29) is 23.9 Å². The highest BCUT2D eigenvalue weighted by Gasteiger charge is 2.21. The number of halogens is 2. The second kappa shape index (κ2) is 9.06. The van der Waals surface area contributed by atoms with E-state index in [9.17, 15) is 18.4 Å². The number of hydrogen-bond acceptors (Lipinski definition) is 5. The van der Waals surface area contributed by atoms with E-state index in [0.717, 1.165) is 0 Å². The van der Waals surface area contributed by atoms with Gasteiger partial charge in [-0.1, -0.05) is 30.3 Å². The van der Waals surface area contributed by atoms with Crippen molar-refractivity contribution in [2.75, 3.05) is 14.1 Å². The van der Waals surface area contributed by atoms with Crippen LogP contribution in [0.2, 0.25) is 0 Å². The third kappa shape index (κ3) is 5.47. The monoisotopic (exact) mass is 381 g/mol. The molecule has 1 atom stereocenters. The molecule has 1 aromatic heterocycles. The number of nitrogens with zero attached hydrogens (tertiary/aromatic N) is 4. The number of nitrogens with one attached hydrogen (secondary N) is 1. The minimum atomic E-state index is -2.96. The molecule has 27 heavy (non-hydrogen) atoms. The third-order valence-electron chi connectivity index (χ3n) is 3.79. The smallest absolute Gasteiger partial charge is 0.387 e. The number of ether oxygens (including phenoxy) is 1. The van der Waals surface area contributed by atoms with Crippen molar-refractivity contribution >= 4 is 11.8 Å². The molecule has 1 unspecified atom stereocenters. The van der Waals surface area contributed by atoms with Gasteiger partial charge in [0.05, 0.1) is 12.2 Å². The summed E-state index contributed by atoms with van der Waals surface area (Å²) in [6, 6.07) is 5.72. The lowest BCUT2D eigenvalue weighted by molar-refractivity contribution is -0.129. The normalized spacial score (nSPS) is 11.9. The lowest BCUT2D eigenvalue weighted by atomic mass is 10.0. The third-order valence-corrected chi connectivity index (χ3v) is 3.79. The fraction of sp³-hybridized carbons (Fsp3) is 0.412. The number of aromatic nitrogens is 3. The molecule has 0 spiro atoms. The van der Waals surface area contributed by atoms with Crippen molar-refractivity contribution in [3.63, 3.8) is 0 Å². The Morgan fingerprint density at radius 2 is 2.00 bits per heavy atom. The largest absolute Gasteiger partial charge is 0.434 e. The SMILES string of the molecule is CCC(NC(=O)c1cn(CC(=O)N(C)C)nn1)c1ccccc1OC(F)F. The molecule has 0 saturated heterocycles. The first-order valence-electron chi connectivity index (χ1n) is 8.26. The Hall–Kier alpha value is -3.04. The minimum Gasteiger partial charge on any atom is -0.434 e. The number of likely N-dealkylation sites (N-methyl/N-ethyl adjacent to an activating group) is 1. The molecule has 2 amide bonds. The van der Waals surface area contributed by atoms with Crippen LogP contribution >= 0.6 is 0 Å². The first-order valence-corrected chi connectivity index (χ1v) is 8.26. The van der Waals surface area contributed by atoms with Crippen molar-refractivity contribution in [3.05, 3.63) is 41.7 Å². The Morgan fingerprint density at radius 1 is 1.30 bits per heavy atom. The van der Waals surface area contributed by atoms with Crippen LogP contribution in [0.5, 0.6) is 5.75 Å². The van der Waals surface area contributed by atoms with Crippen LogP contribution < -0.4 is 10.1 Å². The van der Waals surface area contributed by atoms with Crippen molar-refractivity contribution < 1.29 is 23.1 Å². The fourth-order valence-corrected chi connectivity index (χ4v) is 2.36. The van der Waals surface area contributed by atoms with E-state index < -0.39 is 18.6 Å². The highest BCUT2D eigenvalue weighted by Crippen LogP contribution is 2.28. The molecule has 0 radical (unpaired) electrons. The van der Waals surface area contributed by atoms with Gasteiger partial charge in [-0.3, -0.25) is 9.59 Å². The van der Waals surface area contributed by atoms with E-state index in [1.165, 1.54) is 21.8 Å². The first-order chi connectivity index (χ1) is 12.8. The Morgan fingerprint density at radius 3 is 2.63 bits per heavy atom. The summed E-state index contributed by atoms with van der Waals surface area (Å²) in [7, 11) is 3.22. The van der Waals surface area contributed by atoms with Crippen LogP contribution in [0.4, 0.5) is 8.78 Å². The summed E-state index contributed by atoms with van der Waals surface area (Å²) in [5.41, 5.74) is 0.455. The Labute approximate surface area is 155 Å². The lowest BCUT2D eigenvalue weighted by Gasteiger charge is -2.20. The summed E-state index contributed by atoms with van der Waals surface area (Å²) < 4.78 is 31.0. The zero-order valence-electron chi connectivity index (χ0n) is 15.2. The minimum absolute atomic E-state index is 0.000107. The van der Waals surface area contributed by atoms with E-state index in [1.54, 1.807) is 39.2 Å². The summed E-state index contributed by atoms with van der Waals surface area (Å²) in [5, 5.41) is 10.2. The van der Waals surface area contributed by atoms with E-state index in [2.05, 4.69) is 20.4 Å². The van der Waals surface area contributed by atoms with Gasteiger partial charge in [0.25, 0.3) is 5.91 Å². The highest BCUT2D eigenvalue weighted by atomic mass is 19.3. The van der Waals surface area contributed by atoms with E-state index in [4.69, 9.17) is 0 Å². The van der Waals surface area contributed by atoms with Crippen molar-refractivity contribution in [3.8, 4) is 5.75 Å². The molecule has 0 saturated carbocycles. The van der Waals surface area contributed by atoms with Crippen LogP contribution in [0.3, 0.4) is 0 Å². The van der Waals surface area contributed by atoms with Gasteiger partial charge in [0.2, 0.25) is 5.91 Å². The Balaban J connectivity index is 2.12. The number of benzene rings is 1. The summed E-state index contributed by atoms with van der Waals surface area (Å²) in [6.45, 7) is -1.21. The topological polar surface area (TPSA) is 89.4 Å². The summed E-state index contributed by atoms with van der Waals surface area (Å²) in [6.07, 6.45) is 1.80. The van der Waals surface area contributed by atoms with Gasteiger partial charge >= 0.3 is 6.61 Å². The predicted octanol–water partition coefficient (Wildman–Crippen LogP) is 1.85. The number of carbonyl (C=O) groups is 2. The first kappa shape index (κ1) is 20.3. The number of carbonyl (C=O) groups excluding carboxylic acids is 2. The number of para-hydroxylation sites is 1. The Bertz CT molecular complexity index is 794. The maximum absolute atomic E-state index is 12.6. The van der Waals surface area contributed by atoms with Crippen LogP contribution in [-0.2, 0) is 11.3 Å². The van der Waals surface area contributed by atoms with Crippen molar-refractivity contribution in [2.24, 2.45) is 0 Å². The van der Waals surface area contributed by atoms with Crippen LogP contribution in [0.15, 0.2) is 30.5 Å². The maximum atomic E-state index is 12.6. The van der Waals surface area contributed by atoms with Crippen LogP contribution in [0.25, 0.3) is 0 Å². The maximum Gasteiger partial charge on any atom is 0.387 e. The van der Waals surface area contributed by atoms with Gasteiger partial charge in [-0.15, -0.1) is 5.10 Å². The van der Waals surface area contributed by atoms with E-state index >= 15 is 0 Å². The van der Waals surface area contributed by atoms with Crippen LogP contribution in [0, 0.1) is 0 Å². The molecule has 2 rings (SSSR count). The van der Waals surface area contributed by atoms with Crippen molar-refractivity contribution in [1.29, 1.82) is 0 Å². The molecule has 10 heteroatoms. The van der Waals surface area contributed by atoms with Crippen LogP contribution in [-0.4, -0.2) is 52.4 Å². The molecule has 146 valence electrons. The van der Waals surface area contributed by atoms with Gasteiger partial charge in [0, 0.05) is 19.7 Å². The van der Waals surface area contributed by atoms with Crippen LogP contribution in [0.1, 0.15) is 35.4 Å². The van der Waals surface area contributed by atoms with Gasteiger partial charge in [0.15, 0.2) is 5.69 Å². The lowest BCUT2D eigenvalue weighted by Crippen LogP contribution is -2.29. The number of amides is 2. The molecule has 1 aromatic carbocycles. The molecule has 2 aromatic rings. The molecule has 1 heterocycles. The standard InChI is InChI=1S/C17H21F2N5O3/c1-4-12(11-7-5-6-8-14(11)27-17(18)19)20-16(26)13-9-24(22-21-13)10-15(25)23(2)3/h5-9,12,17H,4,10H2,1-3H3,(H,20,26). The highest BCUT2D eigenvalue weighted by molar-refractivity contribution is 5.92. The second-order valence-corrected chi connectivity index (χ2v) is 5.94. The zero-order chi connectivity index (χ0) is 20.0. The van der Waals surface area contributed by atoms with Gasteiger partial charge in [-0.2, -0.15) is 8.78 Å². The predicted molar refractivity (Wildman–Crippen MR) is 92.3 cm³/mol. The van der Waals surface area contributed by atoms with Gasteiger partial charge in [0.1, 0.15) is 12.3 Å². The summed E-state index contributed by atoms with van der Waals surface area (Å²) in [4.78, 5) is 25.5. The number of alkyl halides is 2. The zero-order valence-corrected chi connectivity index (χ0v) is 15.2. The molecule has 0 bridgehead atoms. The fourth-order valence-electron chi connectivity index (χ4n) is 2.36. The van der Waals surface area contributed by atoms with E-state index in [0.29, 0.717) is 12.0 Å². The summed E-state index contributed by atoms with van der Waals surface area (Å²) in [5.74, 6) is -0.728. The number of rotatable bonds is 8. The molecule has 0 aliphatic carbocycles. The average Bonchev–Trinajstić information content (AvgIpc) is 3.08. The molecule has 8 nitrogen and oxygen atoms in total. The quantitative estimate of drug-likeness (QED) is 0.754. The van der Waals surface area contributed by atoms with Gasteiger partial charge < -0.3 is 15.0 Å². The average molecular weight is 381 g/mol. The van der Waals surface area contributed by atoms with Crippen molar-refractivity contribution in [1.82, 2.24) is 25.2 Å². The molecule has 0 aliphatic heterocycles. The van der Waals surface area contributed by atoms with Gasteiger partial charge in [-0.25, -0.2) is 4.68 Å². The molecule has 1 N–H and O–H groups in total. The summed E-state index contributed by atoms with van der Waals surface area (Å²) >= 11 is 0. The second-order valence-electron chi connectivity index (χ2n) is 5.94. The molecule has 0 aliphatic rings. The van der Waals surface area contributed by atoms with Gasteiger partial charge in [-0.05, 0) is 12.5 Å².